The van der Waals surface area contributed by atoms with Gasteiger partial charge in [0.25, 0.3) is 0 Å². The molecule has 0 unspecified atom stereocenters. The van der Waals surface area contributed by atoms with E-state index in [0.29, 0.717) is 39.1 Å². The van der Waals surface area contributed by atoms with Crippen LogP contribution in [0.1, 0.15) is 32.6 Å². The second kappa shape index (κ2) is 7.35. The molecule has 1 aliphatic heterocycles. The first kappa shape index (κ1) is 13.1. The minimum Gasteiger partial charge on any atom is -0.466 e. The lowest BCUT2D eigenvalue weighted by Gasteiger charge is -2.07. The summed E-state index contributed by atoms with van der Waals surface area (Å²) in [7, 11) is 0. The Labute approximate surface area is 95.0 Å². The average Bonchev–Trinajstić information content (AvgIpc) is 2.70. The molecule has 0 aromatic heterocycles. The van der Waals surface area contributed by atoms with Crippen LogP contribution in [0.4, 0.5) is 0 Å². The molecule has 1 heterocycles. The summed E-state index contributed by atoms with van der Waals surface area (Å²) in [6.07, 6.45) is 1.47. The molecule has 0 spiro atoms. The van der Waals surface area contributed by atoms with E-state index in [2.05, 4.69) is 4.74 Å². The van der Waals surface area contributed by atoms with Crippen LogP contribution in [0.5, 0.6) is 0 Å². The van der Waals surface area contributed by atoms with Crippen molar-refractivity contribution in [2.75, 3.05) is 19.8 Å². The fourth-order valence-corrected chi connectivity index (χ4v) is 1.50. The molecule has 5 heteroatoms. The summed E-state index contributed by atoms with van der Waals surface area (Å²) in [6.45, 7) is 3.29. The Morgan fingerprint density at radius 2 is 2.00 bits per heavy atom. The quantitative estimate of drug-likeness (QED) is 0.483. The maximum atomic E-state index is 11.3. The Balaban J connectivity index is 2.03. The fourth-order valence-electron chi connectivity index (χ4n) is 1.50. The molecule has 16 heavy (non-hydrogen) atoms. The molecule has 0 bridgehead atoms. The van der Waals surface area contributed by atoms with Crippen molar-refractivity contribution in [3.8, 4) is 0 Å². The van der Waals surface area contributed by atoms with E-state index in [4.69, 9.17) is 9.47 Å². The number of carbonyl (C=O) groups is 2. The van der Waals surface area contributed by atoms with E-state index in [0.717, 1.165) is 0 Å². The van der Waals surface area contributed by atoms with E-state index in [-0.39, 0.29) is 18.5 Å². The van der Waals surface area contributed by atoms with Gasteiger partial charge in [-0.05, 0) is 19.8 Å². The Bertz CT molecular complexity index is 233. The molecule has 0 aliphatic carbocycles. The molecular formula is C11H18O5. The molecule has 5 nitrogen and oxygen atoms in total. The van der Waals surface area contributed by atoms with Crippen LogP contribution < -0.4 is 0 Å². The van der Waals surface area contributed by atoms with Crippen molar-refractivity contribution < 1.29 is 23.8 Å². The molecule has 1 saturated heterocycles. The first-order valence-electron chi connectivity index (χ1n) is 5.63. The SMILES string of the molecule is CCOC(=O)CC(=O)CCCC1OCCO1. The van der Waals surface area contributed by atoms with Gasteiger partial charge in [-0.15, -0.1) is 0 Å². The van der Waals surface area contributed by atoms with Crippen LogP contribution in [-0.2, 0) is 23.8 Å². The minimum absolute atomic E-state index is 0.0866. The number of Topliss-reactive ketones (excluding diaryl/α,β-unsaturated/α-hetero) is 1. The number of esters is 1. The first-order valence-corrected chi connectivity index (χ1v) is 5.63. The van der Waals surface area contributed by atoms with Gasteiger partial charge in [0.15, 0.2) is 6.29 Å². The van der Waals surface area contributed by atoms with E-state index >= 15 is 0 Å². The molecule has 0 saturated carbocycles. The van der Waals surface area contributed by atoms with Gasteiger partial charge >= 0.3 is 5.97 Å². The normalized spacial score (nSPS) is 16.3. The number of hydrogen-bond acceptors (Lipinski definition) is 5. The van der Waals surface area contributed by atoms with E-state index < -0.39 is 5.97 Å². The number of ketones is 1. The first-order chi connectivity index (χ1) is 7.72. The molecular weight excluding hydrogens is 212 g/mol. The maximum Gasteiger partial charge on any atom is 0.313 e. The second-order valence-electron chi connectivity index (χ2n) is 3.58. The van der Waals surface area contributed by atoms with E-state index in [1.54, 1.807) is 6.92 Å². The van der Waals surface area contributed by atoms with E-state index in [9.17, 15) is 9.59 Å². The smallest absolute Gasteiger partial charge is 0.313 e. The van der Waals surface area contributed by atoms with Crippen molar-refractivity contribution in [3.63, 3.8) is 0 Å². The lowest BCUT2D eigenvalue weighted by Crippen LogP contribution is -2.12. The van der Waals surface area contributed by atoms with Crippen LogP contribution in [0.15, 0.2) is 0 Å². The lowest BCUT2D eigenvalue weighted by molar-refractivity contribution is -0.145. The number of carbonyl (C=O) groups excluding carboxylic acids is 2. The zero-order valence-corrected chi connectivity index (χ0v) is 9.57. The zero-order chi connectivity index (χ0) is 11.8. The van der Waals surface area contributed by atoms with Gasteiger partial charge in [-0.3, -0.25) is 9.59 Å². The molecule has 1 fully saturated rings. The third-order valence-corrected chi connectivity index (χ3v) is 2.23. The van der Waals surface area contributed by atoms with Crippen molar-refractivity contribution in [1.29, 1.82) is 0 Å². The van der Waals surface area contributed by atoms with E-state index in [1.165, 1.54) is 0 Å². The molecule has 0 aromatic rings. The Morgan fingerprint density at radius 1 is 1.31 bits per heavy atom. The van der Waals surface area contributed by atoms with Gasteiger partial charge < -0.3 is 14.2 Å². The Kier molecular flexibility index (Phi) is 6.03. The summed E-state index contributed by atoms with van der Waals surface area (Å²) >= 11 is 0. The maximum absolute atomic E-state index is 11.3. The summed E-state index contributed by atoms with van der Waals surface area (Å²) in [6, 6.07) is 0. The average molecular weight is 230 g/mol. The number of rotatable bonds is 7. The largest absolute Gasteiger partial charge is 0.466 e. The van der Waals surface area contributed by atoms with Crippen molar-refractivity contribution in [2.45, 2.75) is 38.9 Å². The Morgan fingerprint density at radius 3 is 2.62 bits per heavy atom. The predicted molar refractivity (Wildman–Crippen MR) is 55.8 cm³/mol. The predicted octanol–water partition coefficient (Wildman–Crippen LogP) is 1.05. The van der Waals surface area contributed by atoms with Crippen molar-refractivity contribution in [3.05, 3.63) is 0 Å². The number of ether oxygens (including phenoxy) is 3. The summed E-state index contributed by atoms with van der Waals surface area (Å²) < 4.78 is 15.1. The van der Waals surface area contributed by atoms with Crippen LogP contribution in [-0.4, -0.2) is 37.9 Å². The standard InChI is InChI=1S/C11H18O5/c1-2-14-10(13)8-9(12)4-3-5-11-15-6-7-16-11/h11H,2-8H2,1H3. The van der Waals surface area contributed by atoms with Gasteiger partial charge in [-0.1, -0.05) is 0 Å². The van der Waals surface area contributed by atoms with Crippen LogP contribution in [0.2, 0.25) is 0 Å². The molecule has 0 N–H and O–H groups in total. The minimum atomic E-state index is -0.444. The van der Waals surface area contributed by atoms with Crippen molar-refractivity contribution in [2.24, 2.45) is 0 Å². The van der Waals surface area contributed by atoms with Gasteiger partial charge in [0.2, 0.25) is 0 Å². The highest BCUT2D eigenvalue weighted by Gasteiger charge is 2.16. The van der Waals surface area contributed by atoms with Gasteiger partial charge in [0, 0.05) is 6.42 Å². The van der Waals surface area contributed by atoms with Gasteiger partial charge in [-0.2, -0.15) is 0 Å². The molecule has 0 atom stereocenters. The zero-order valence-electron chi connectivity index (χ0n) is 9.57. The second-order valence-corrected chi connectivity index (χ2v) is 3.58. The van der Waals surface area contributed by atoms with Gasteiger partial charge in [0.1, 0.15) is 12.2 Å². The van der Waals surface area contributed by atoms with Crippen LogP contribution in [0.25, 0.3) is 0 Å². The molecule has 1 aliphatic rings. The van der Waals surface area contributed by atoms with Gasteiger partial charge in [-0.25, -0.2) is 0 Å². The van der Waals surface area contributed by atoms with Crippen molar-refractivity contribution >= 4 is 11.8 Å². The summed E-state index contributed by atoms with van der Waals surface area (Å²) in [5.74, 6) is -0.530. The molecule has 0 radical (unpaired) electrons. The Hall–Kier alpha value is -0.940. The highest BCUT2D eigenvalue weighted by atomic mass is 16.7. The molecule has 1 rings (SSSR count). The highest BCUT2D eigenvalue weighted by molar-refractivity contribution is 5.95. The van der Waals surface area contributed by atoms with E-state index in [1.807, 2.05) is 0 Å². The topological polar surface area (TPSA) is 61.8 Å². The monoisotopic (exact) mass is 230 g/mol. The van der Waals surface area contributed by atoms with Gasteiger partial charge in [0.05, 0.1) is 19.8 Å². The summed E-state index contributed by atoms with van der Waals surface area (Å²) in [4.78, 5) is 22.3. The number of hydrogen-bond donors (Lipinski definition) is 0. The third-order valence-electron chi connectivity index (χ3n) is 2.23. The fraction of sp³-hybridized carbons (Fsp3) is 0.818. The van der Waals surface area contributed by atoms with Crippen LogP contribution >= 0.6 is 0 Å². The lowest BCUT2D eigenvalue weighted by atomic mass is 10.1. The molecule has 92 valence electrons. The van der Waals surface area contributed by atoms with Crippen LogP contribution in [0.3, 0.4) is 0 Å². The summed E-state index contributed by atoms with van der Waals surface area (Å²) in [5, 5.41) is 0. The van der Waals surface area contributed by atoms with Crippen molar-refractivity contribution in [1.82, 2.24) is 0 Å². The summed E-state index contributed by atoms with van der Waals surface area (Å²) in [5.41, 5.74) is 0. The van der Waals surface area contributed by atoms with Crippen LogP contribution in [0, 0.1) is 0 Å². The third kappa shape index (κ3) is 5.23. The molecule has 0 amide bonds. The molecule has 0 aromatic carbocycles. The highest BCUT2D eigenvalue weighted by Crippen LogP contribution is 2.12.